The minimum atomic E-state index is -0.711. The van der Waals surface area contributed by atoms with Gasteiger partial charge in [0.2, 0.25) is 17.7 Å². The van der Waals surface area contributed by atoms with Crippen molar-refractivity contribution in [2.24, 2.45) is 0 Å². The fraction of sp³-hybridized carbons (Fsp3) is 0.310. The van der Waals surface area contributed by atoms with Crippen LogP contribution < -0.4 is 10.6 Å². The Labute approximate surface area is 294 Å². The molecule has 0 spiro atoms. The number of rotatable bonds is 11. The summed E-state index contributed by atoms with van der Waals surface area (Å²) in [7, 11) is 0. The lowest BCUT2D eigenvalue weighted by molar-refractivity contribution is -0.136. The van der Waals surface area contributed by atoms with E-state index in [1.165, 1.54) is 0 Å². The van der Waals surface area contributed by atoms with Gasteiger partial charge in [0.15, 0.2) is 0 Å². The molecule has 4 aromatic rings. The van der Waals surface area contributed by atoms with Crippen molar-refractivity contribution >= 4 is 41.2 Å². The summed E-state index contributed by atoms with van der Waals surface area (Å²) in [6.07, 6.45) is 7.17. The quantitative estimate of drug-likeness (QED) is 0.156. The SMILES string of the molecule is Cc1cc(/C=C/c2ccc(NC(=O)[C@@H]3CCCN3C(O)Cc3ccccc3)c(C)c2)ccc1NC(=O)[C@@H]1CCCN1C(=O)Cc1ccccc1. The predicted octanol–water partition coefficient (Wildman–Crippen LogP) is 6.61. The highest BCUT2D eigenvalue weighted by atomic mass is 16.3. The number of likely N-dealkylation sites (tertiary alicyclic amines) is 2. The maximum atomic E-state index is 13.3. The van der Waals surface area contributed by atoms with E-state index in [0.717, 1.165) is 57.6 Å². The fourth-order valence-electron chi connectivity index (χ4n) is 7.07. The van der Waals surface area contributed by atoms with Crippen LogP contribution in [0.2, 0.25) is 0 Å². The first kappa shape index (κ1) is 34.8. The van der Waals surface area contributed by atoms with Crippen molar-refractivity contribution in [1.29, 1.82) is 0 Å². The van der Waals surface area contributed by atoms with Crippen LogP contribution in [-0.2, 0) is 27.2 Å². The molecule has 4 aromatic carbocycles. The molecule has 8 heteroatoms. The normalized spacial score (nSPS) is 18.3. The van der Waals surface area contributed by atoms with Gasteiger partial charge in [0, 0.05) is 30.9 Å². The van der Waals surface area contributed by atoms with Gasteiger partial charge in [-0.05, 0) is 97.2 Å². The van der Waals surface area contributed by atoms with Crippen LogP contribution in [0.15, 0.2) is 97.1 Å². The molecule has 2 heterocycles. The van der Waals surface area contributed by atoms with E-state index in [2.05, 4.69) is 10.6 Å². The van der Waals surface area contributed by atoms with E-state index in [4.69, 9.17) is 0 Å². The third kappa shape index (κ3) is 8.56. The number of aryl methyl sites for hydroxylation is 2. The number of anilines is 2. The molecule has 2 aliphatic heterocycles. The Morgan fingerprint density at radius 2 is 1.24 bits per heavy atom. The summed E-state index contributed by atoms with van der Waals surface area (Å²) in [5.41, 5.74) is 7.36. The average molecular weight is 671 g/mol. The van der Waals surface area contributed by atoms with Crippen molar-refractivity contribution < 1.29 is 19.5 Å². The average Bonchev–Trinajstić information content (AvgIpc) is 3.82. The highest BCUT2D eigenvalue weighted by Gasteiger charge is 2.35. The molecule has 0 radical (unpaired) electrons. The van der Waals surface area contributed by atoms with Crippen molar-refractivity contribution in [2.45, 2.75) is 70.7 Å². The van der Waals surface area contributed by atoms with Gasteiger partial charge >= 0.3 is 0 Å². The molecule has 3 amide bonds. The van der Waals surface area contributed by atoms with E-state index in [-0.39, 0.29) is 23.8 Å². The van der Waals surface area contributed by atoms with E-state index in [1.54, 1.807) is 4.90 Å². The minimum absolute atomic E-state index is 0.0217. The van der Waals surface area contributed by atoms with Gasteiger partial charge in [-0.1, -0.05) is 84.9 Å². The monoisotopic (exact) mass is 670 g/mol. The van der Waals surface area contributed by atoms with Crippen LogP contribution >= 0.6 is 0 Å². The Bertz CT molecular complexity index is 1840. The second-order valence-corrected chi connectivity index (χ2v) is 13.4. The number of nitrogens with zero attached hydrogens (tertiary/aromatic N) is 2. The van der Waals surface area contributed by atoms with Crippen LogP contribution in [0.1, 0.15) is 59.1 Å². The van der Waals surface area contributed by atoms with Gasteiger partial charge in [-0.15, -0.1) is 0 Å². The zero-order valence-electron chi connectivity index (χ0n) is 28.8. The Hall–Kier alpha value is -5.05. The first-order chi connectivity index (χ1) is 24.2. The predicted molar refractivity (Wildman–Crippen MR) is 199 cm³/mol. The molecule has 50 heavy (non-hydrogen) atoms. The zero-order valence-corrected chi connectivity index (χ0v) is 28.8. The first-order valence-electron chi connectivity index (χ1n) is 17.6. The standard InChI is InChI=1S/C42H46N4O4/c1-29-25-33(19-21-35(29)43-41(49)37-15-9-23-45(37)39(47)27-31-11-5-3-6-12-31)17-18-34-20-22-36(30(2)26-34)44-42(50)38-16-10-24-46(38)40(48)28-32-13-7-4-8-14-32/h3-8,11-14,17-22,25-26,37-39,47H,9-10,15-16,23-24,27-28H2,1-2H3,(H,43,49)(H,44,50)/b18-17+/t37-,38-,39?/m0/s1. The molecule has 2 saturated heterocycles. The third-order valence-corrected chi connectivity index (χ3v) is 9.80. The number of hydrogen-bond donors (Lipinski definition) is 3. The van der Waals surface area contributed by atoms with Crippen LogP contribution in [-0.4, -0.2) is 64.0 Å². The lowest BCUT2D eigenvalue weighted by Crippen LogP contribution is -2.46. The van der Waals surface area contributed by atoms with Crippen molar-refractivity contribution in [3.8, 4) is 0 Å². The van der Waals surface area contributed by atoms with Gasteiger partial charge in [0.05, 0.1) is 12.5 Å². The van der Waals surface area contributed by atoms with Gasteiger partial charge in [-0.2, -0.15) is 0 Å². The van der Waals surface area contributed by atoms with Crippen molar-refractivity contribution in [1.82, 2.24) is 9.80 Å². The Morgan fingerprint density at radius 1 is 0.720 bits per heavy atom. The highest BCUT2D eigenvalue weighted by molar-refractivity contribution is 5.98. The molecule has 3 N–H and O–H groups in total. The van der Waals surface area contributed by atoms with Gasteiger partial charge in [0.25, 0.3) is 0 Å². The van der Waals surface area contributed by atoms with Gasteiger partial charge < -0.3 is 20.6 Å². The van der Waals surface area contributed by atoms with E-state index < -0.39 is 12.3 Å². The van der Waals surface area contributed by atoms with Crippen molar-refractivity contribution in [3.63, 3.8) is 0 Å². The number of aliphatic hydroxyl groups is 1. The number of aliphatic hydroxyl groups excluding tert-OH is 1. The van der Waals surface area contributed by atoms with Gasteiger partial charge in [-0.25, -0.2) is 0 Å². The Morgan fingerprint density at radius 3 is 1.82 bits per heavy atom. The van der Waals surface area contributed by atoms with E-state index >= 15 is 0 Å². The van der Waals surface area contributed by atoms with Gasteiger partial charge in [0.1, 0.15) is 12.3 Å². The molecule has 0 saturated carbocycles. The summed E-state index contributed by atoms with van der Waals surface area (Å²) >= 11 is 0. The summed E-state index contributed by atoms with van der Waals surface area (Å²) in [5, 5.41) is 17.1. The number of benzene rings is 4. The summed E-state index contributed by atoms with van der Waals surface area (Å²) in [4.78, 5) is 43.3. The third-order valence-electron chi connectivity index (χ3n) is 9.80. The lowest BCUT2D eigenvalue weighted by atomic mass is 10.1. The minimum Gasteiger partial charge on any atom is -0.378 e. The molecule has 258 valence electrons. The molecule has 6 rings (SSSR count). The molecule has 0 aromatic heterocycles. The summed E-state index contributed by atoms with van der Waals surface area (Å²) in [6, 6.07) is 30.5. The van der Waals surface area contributed by atoms with Crippen LogP contribution in [0.4, 0.5) is 11.4 Å². The molecule has 2 fully saturated rings. The number of nitrogens with one attached hydrogen (secondary N) is 2. The second kappa shape index (κ2) is 16.1. The highest BCUT2D eigenvalue weighted by Crippen LogP contribution is 2.26. The topological polar surface area (TPSA) is 102 Å². The largest absolute Gasteiger partial charge is 0.378 e. The molecule has 2 aliphatic rings. The molecule has 1 unspecified atom stereocenters. The fourth-order valence-corrected chi connectivity index (χ4v) is 7.07. The lowest BCUT2D eigenvalue weighted by Gasteiger charge is -2.29. The summed E-state index contributed by atoms with van der Waals surface area (Å²) in [6.45, 7) is 5.23. The van der Waals surface area contributed by atoms with Crippen molar-refractivity contribution in [2.75, 3.05) is 23.7 Å². The molecule has 3 atom stereocenters. The number of carbonyl (C=O) groups excluding carboxylic acids is 3. The molecule has 0 aliphatic carbocycles. The van der Waals surface area contributed by atoms with E-state index in [0.29, 0.717) is 38.8 Å². The number of amides is 3. The van der Waals surface area contributed by atoms with Crippen LogP contribution in [0.3, 0.4) is 0 Å². The van der Waals surface area contributed by atoms with Crippen LogP contribution in [0, 0.1) is 13.8 Å². The number of hydrogen-bond acceptors (Lipinski definition) is 5. The summed E-state index contributed by atoms with van der Waals surface area (Å²) < 4.78 is 0. The Kier molecular flexibility index (Phi) is 11.2. The van der Waals surface area contributed by atoms with Gasteiger partial charge in [-0.3, -0.25) is 19.3 Å². The smallest absolute Gasteiger partial charge is 0.247 e. The maximum Gasteiger partial charge on any atom is 0.247 e. The van der Waals surface area contributed by atoms with Crippen LogP contribution in [0.5, 0.6) is 0 Å². The number of carbonyl (C=O) groups is 3. The second-order valence-electron chi connectivity index (χ2n) is 13.4. The van der Waals surface area contributed by atoms with Crippen molar-refractivity contribution in [3.05, 3.63) is 130 Å². The van der Waals surface area contributed by atoms with E-state index in [1.807, 2.05) is 128 Å². The van der Waals surface area contributed by atoms with Crippen LogP contribution in [0.25, 0.3) is 12.2 Å². The molecule has 0 bridgehead atoms. The molecule has 8 nitrogen and oxygen atoms in total. The first-order valence-corrected chi connectivity index (χ1v) is 17.6. The Balaban J connectivity index is 1.03. The zero-order chi connectivity index (χ0) is 35.0. The molecular formula is C42H46N4O4. The summed E-state index contributed by atoms with van der Waals surface area (Å²) in [5.74, 6) is -0.267. The maximum absolute atomic E-state index is 13.3. The van der Waals surface area contributed by atoms with E-state index in [9.17, 15) is 19.5 Å². The molecular weight excluding hydrogens is 624 g/mol.